The third-order valence-corrected chi connectivity index (χ3v) is 3.88. The molecule has 2 heterocycles. The van der Waals surface area contributed by atoms with Crippen LogP contribution in [-0.4, -0.2) is 13.4 Å². The summed E-state index contributed by atoms with van der Waals surface area (Å²) in [5.74, 6) is 2.74. The summed E-state index contributed by atoms with van der Waals surface area (Å²) in [5, 5.41) is 3.46. The maximum Gasteiger partial charge on any atom is 0.231 e. The molecule has 0 saturated carbocycles. The zero-order valence-electron chi connectivity index (χ0n) is 11.7. The van der Waals surface area contributed by atoms with Crippen molar-refractivity contribution in [1.82, 2.24) is 5.32 Å². The number of para-hydroxylation sites is 1. The lowest BCUT2D eigenvalue weighted by Gasteiger charge is -2.08. The van der Waals surface area contributed by atoms with E-state index in [1.807, 2.05) is 12.1 Å². The smallest absolute Gasteiger partial charge is 0.231 e. The molecule has 0 amide bonds. The van der Waals surface area contributed by atoms with Gasteiger partial charge in [-0.3, -0.25) is 0 Å². The molecule has 0 spiro atoms. The normalized spacial score (nSPS) is 14.9. The standard InChI is InChI=1S/C17H17NO3/c1-2-14(17-16(3-1)20-11-21-17)10-18-9-12-4-5-15-13(8-12)6-7-19-15/h1-5,8,18H,6-7,9-11H2. The second-order valence-electron chi connectivity index (χ2n) is 5.30. The van der Waals surface area contributed by atoms with Crippen LogP contribution in [0.5, 0.6) is 17.2 Å². The lowest BCUT2D eigenvalue weighted by atomic mass is 10.1. The average Bonchev–Trinajstić information content (AvgIpc) is 3.15. The number of nitrogens with one attached hydrogen (secondary N) is 1. The van der Waals surface area contributed by atoms with Crippen molar-refractivity contribution in [3.05, 3.63) is 53.1 Å². The first-order valence-corrected chi connectivity index (χ1v) is 7.23. The highest BCUT2D eigenvalue weighted by molar-refractivity contribution is 5.48. The summed E-state index contributed by atoms with van der Waals surface area (Å²) >= 11 is 0. The van der Waals surface area contributed by atoms with Crippen molar-refractivity contribution < 1.29 is 14.2 Å². The van der Waals surface area contributed by atoms with Crippen molar-refractivity contribution >= 4 is 0 Å². The summed E-state index contributed by atoms with van der Waals surface area (Å²) in [7, 11) is 0. The first kappa shape index (κ1) is 12.5. The van der Waals surface area contributed by atoms with Crippen LogP contribution in [0.3, 0.4) is 0 Å². The van der Waals surface area contributed by atoms with Crippen molar-refractivity contribution in [2.45, 2.75) is 19.5 Å². The second-order valence-corrected chi connectivity index (χ2v) is 5.30. The molecular formula is C17H17NO3. The molecule has 2 aliphatic rings. The number of rotatable bonds is 4. The molecule has 0 saturated heterocycles. The van der Waals surface area contributed by atoms with E-state index in [2.05, 4.69) is 29.6 Å². The Hall–Kier alpha value is -2.20. The van der Waals surface area contributed by atoms with Gasteiger partial charge in [0.05, 0.1) is 6.61 Å². The lowest BCUT2D eigenvalue weighted by molar-refractivity contribution is 0.173. The predicted molar refractivity (Wildman–Crippen MR) is 78.7 cm³/mol. The molecule has 1 N–H and O–H groups in total. The van der Waals surface area contributed by atoms with Gasteiger partial charge in [-0.05, 0) is 23.3 Å². The highest BCUT2D eigenvalue weighted by atomic mass is 16.7. The molecule has 108 valence electrons. The summed E-state index contributed by atoms with van der Waals surface area (Å²) in [4.78, 5) is 0. The summed E-state index contributed by atoms with van der Waals surface area (Å²) in [6.07, 6.45) is 1.01. The third kappa shape index (κ3) is 2.43. The van der Waals surface area contributed by atoms with Gasteiger partial charge >= 0.3 is 0 Å². The minimum atomic E-state index is 0.317. The SMILES string of the molecule is c1cc(CNCc2ccc3c(c2)CCO3)c2c(c1)OCO2. The Kier molecular flexibility index (Phi) is 3.16. The van der Waals surface area contributed by atoms with Crippen LogP contribution in [-0.2, 0) is 19.5 Å². The van der Waals surface area contributed by atoms with Gasteiger partial charge in [-0.25, -0.2) is 0 Å². The Morgan fingerprint density at radius 2 is 1.95 bits per heavy atom. The van der Waals surface area contributed by atoms with Crippen molar-refractivity contribution in [1.29, 1.82) is 0 Å². The van der Waals surface area contributed by atoms with Gasteiger partial charge < -0.3 is 19.5 Å². The monoisotopic (exact) mass is 283 g/mol. The van der Waals surface area contributed by atoms with E-state index in [-0.39, 0.29) is 0 Å². The van der Waals surface area contributed by atoms with E-state index >= 15 is 0 Å². The van der Waals surface area contributed by atoms with Gasteiger partial charge in [-0.1, -0.05) is 24.3 Å². The van der Waals surface area contributed by atoms with Gasteiger partial charge in [0.25, 0.3) is 0 Å². The van der Waals surface area contributed by atoms with E-state index in [1.165, 1.54) is 11.1 Å². The van der Waals surface area contributed by atoms with E-state index in [0.717, 1.165) is 48.9 Å². The van der Waals surface area contributed by atoms with Crippen LogP contribution in [0, 0.1) is 0 Å². The molecule has 2 aliphatic heterocycles. The maximum atomic E-state index is 5.53. The number of fused-ring (bicyclic) bond motifs is 2. The summed E-state index contributed by atoms with van der Waals surface area (Å²) in [5.41, 5.74) is 3.73. The van der Waals surface area contributed by atoms with Gasteiger partial charge in [-0.2, -0.15) is 0 Å². The number of hydrogen-bond donors (Lipinski definition) is 1. The molecule has 2 aromatic rings. The molecular weight excluding hydrogens is 266 g/mol. The summed E-state index contributed by atoms with van der Waals surface area (Å²) < 4.78 is 16.4. The molecule has 0 unspecified atom stereocenters. The van der Waals surface area contributed by atoms with Gasteiger partial charge in [0.2, 0.25) is 6.79 Å². The number of hydrogen-bond acceptors (Lipinski definition) is 4. The predicted octanol–water partition coefficient (Wildman–Crippen LogP) is 2.64. The average molecular weight is 283 g/mol. The molecule has 4 nitrogen and oxygen atoms in total. The van der Waals surface area contributed by atoms with Crippen LogP contribution in [0.4, 0.5) is 0 Å². The molecule has 2 aromatic carbocycles. The molecule has 0 bridgehead atoms. The van der Waals surface area contributed by atoms with Crippen LogP contribution in [0.1, 0.15) is 16.7 Å². The molecule has 0 atom stereocenters. The van der Waals surface area contributed by atoms with E-state index in [0.29, 0.717) is 6.79 Å². The molecule has 0 aliphatic carbocycles. The van der Waals surface area contributed by atoms with E-state index in [4.69, 9.17) is 14.2 Å². The summed E-state index contributed by atoms with van der Waals surface area (Å²) in [6, 6.07) is 12.4. The molecule has 0 aromatic heterocycles. The fourth-order valence-electron chi connectivity index (χ4n) is 2.82. The Balaban J connectivity index is 1.41. The minimum Gasteiger partial charge on any atom is -0.493 e. The van der Waals surface area contributed by atoms with E-state index in [9.17, 15) is 0 Å². The highest BCUT2D eigenvalue weighted by Gasteiger charge is 2.16. The Morgan fingerprint density at radius 3 is 2.95 bits per heavy atom. The molecule has 4 rings (SSSR count). The van der Waals surface area contributed by atoms with Gasteiger partial charge in [-0.15, -0.1) is 0 Å². The van der Waals surface area contributed by atoms with E-state index in [1.54, 1.807) is 0 Å². The zero-order chi connectivity index (χ0) is 14.1. The topological polar surface area (TPSA) is 39.7 Å². The Bertz CT molecular complexity index is 669. The molecule has 4 heteroatoms. The maximum absolute atomic E-state index is 5.53. The number of benzene rings is 2. The van der Waals surface area contributed by atoms with Gasteiger partial charge in [0.1, 0.15) is 5.75 Å². The van der Waals surface area contributed by atoms with Crippen LogP contribution >= 0.6 is 0 Å². The second kappa shape index (κ2) is 5.30. The lowest BCUT2D eigenvalue weighted by Crippen LogP contribution is -2.13. The minimum absolute atomic E-state index is 0.317. The van der Waals surface area contributed by atoms with Crippen LogP contribution < -0.4 is 19.5 Å². The Morgan fingerprint density at radius 1 is 0.952 bits per heavy atom. The first-order chi connectivity index (χ1) is 10.4. The van der Waals surface area contributed by atoms with E-state index < -0.39 is 0 Å². The summed E-state index contributed by atoms with van der Waals surface area (Å²) in [6.45, 7) is 2.72. The highest BCUT2D eigenvalue weighted by Crippen LogP contribution is 2.35. The first-order valence-electron chi connectivity index (χ1n) is 7.23. The van der Waals surface area contributed by atoms with Crippen molar-refractivity contribution in [2.24, 2.45) is 0 Å². The van der Waals surface area contributed by atoms with Crippen molar-refractivity contribution in [2.75, 3.05) is 13.4 Å². The molecule has 0 fully saturated rings. The molecule has 21 heavy (non-hydrogen) atoms. The fourth-order valence-corrected chi connectivity index (χ4v) is 2.82. The largest absolute Gasteiger partial charge is 0.493 e. The van der Waals surface area contributed by atoms with Crippen LogP contribution in [0.25, 0.3) is 0 Å². The fraction of sp³-hybridized carbons (Fsp3) is 0.294. The van der Waals surface area contributed by atoms with Crippen molar-refractivity contribution in [3.63, 3.8) is 0 Å². The van der Waals surface area contributed by atoms with Crippen LogP contribution in [0.15, 0.2) is 36.4 Å². The third-order valence-electron chi connectivity index (χ3n) is 3.88. The zero-order valence-corrected chi connectivity index (χ0v) is 11.7. The quantitative estimate of drug-likeness (QED) is 0.936. The van der Waals surface area contributed by atoms with Gasteiger partial charge in [0, 0.05) is 25.1 Å². The van der Waals surface area contributed by atoms with Gasteiger partial charge in [0.15, 0.2) is 11.5 Å². The Labute approximate surface area is 123 Å². The number of ether oxygens (including phenoxy) is 3. The van der Waals surface area contributed by atoms with Crippen molar-refractivity contribution in [3.8, 4) is 17.2 Å². The van der Waals surface area contributed by atoms with Crippen LogP contribution in [0.2, 0.25) is 0 Å². The molecule has 0 radical (unpaired) electrons.